The molecule has 1 heterocycles. The van der Waals surface area contributed by atoms with E-state index >= 15 is 0 Å². The molecule has 0 aromatic carbocycles. The molecule has 0 bridgehead atoms. The molecular weight excluding hydrogens is 236 g/mol. The van der Waals surface area contributed by atoms with Crippen molar-refractivity contribution in [2.24, 2.45) is 0 Å². The molecule has 1 fully saturated rings. The van der Waals surface area contributed by atoms with Gasteiger partial charge in [-0.2, -0.15) is 0 Å². The fourth-order valence-corrected chi connectivity index (χ4v) is 1.84. The summed E-state index contributed by atoms with van der Waals surface area (Å²) in [6.45, 7) is 1.95. The first-order chi connectivity index (χ1) is 8.68. The molecule has 0 radical (unpaired) electrons. The van der Waals surface area contributed by atoms with E-state index in [0.717, 1.165) is 25.7 Å². The maximum absolute atomic E-state index is 11.4. The van der Waals surface area contributed by atoms with E-state index in [2.05, 4.69) is 10.6 Å². The first kappa shape index (κ1) is 14.8. The van der Waals surface area contributed by atoms with Crippen molar-refractivity contribution < 1.29 is 19.4 Å². The number of carboxylic acid groups (broad SMARTS) is 1. The van der Waals surface area contributed by atoms with Crippen molar-refractivity contribution in [2.75, 3.05) is 19.8 Å². The van der Waals surface area contributed by atoms with Gasteiger partial charge in [0.05, 0.1) is 12.6 Å². The minimum Gasteiger partial charge on any atom is -0.481 e. The Labute approximate surface area is 107 Å². The number of hydrogen-bond acceptors (Lipinski definition) is 3. The van der Waals surface area contributed by atoms with Gasteiger partial charge in [-0.3, -0.25) is 4.79 Å². The average Bonchev–Trinajstić information content (AvgIpc) is 2.80. The van der Waals surface area contributed by atoms with Crippen LogP contribution in [0.3, 0.4) is 0 Å². The van der Waals surface area contributed by atoms with Gasteiger partial charge in [0.1, 0.15) is 0 Å². The van der Waals surface area contributed by atoms with Crippen molar-refractivity contribution in [3.05, 3.63) is 0 Å². The molecule has 1 rings (SSSR count). The van der Waals surface area contributed by atoms with Crippen molar-refractivity contribution >= 4 is 12.0 Å². The van der Waals surface area contributed by atoms with Crippen LogP contribution in [0.5, 0.6) is 0 Å². The second-order valence-corrected chi connectivity index (χ2v) is 4.52. The summed E-state index contributed by atoms with van der Waals surface area (Å²) in [6.07, 6.45) is 4.54. The number of amides is 2. The van der Waals surface area contributed by atoms with Crippen LogP contribution in [-0.2, 0) is 9.53 Å². The van der Waals surface area contributed by atoms with Crippen molar-refractivity contribution in [1.82, 2.24) is 10.6 Å². The lowest BCUT2D eigenvalue weighted by Crippen LogP contribution is -2.42. The summed E-state index contributed by atoms with van der Waals surface area (Å²) in [7, 11) is 0. The Morgan fingerprint density at radius 1 is 1.22 bits per heavy atom. The van der Waals surface area contributed by atoms with Crippen LogP contribution in [0.15, 0.2) is 0 Å². The predicted molar refractivity (Wildman–Crippen MR) is 66.5 cm³/mol. The van der Waals surface area contributed by atoms with Crippen LogP contribution in [0.4, 0.5) is 4.79 Å². The second kappa shape index (κ2) is 8.74. The van der Waals surface area contributed by atoms with Crippen molar-refractivity contribution in [3.8, 4) is 0 Å². The second-order valence-electron chi connectivity index (χ2n) is 4.52. The minimum atomic E-state index is -0.744. The van der Waals surface area contributed by atoms with E-state index in [1.165, 1.54) is 0 Å². The van der Waals surface area contributed by atoms with Crippen LogP contribution < -0.4 is 10.6 Å². The molecule has 3 N–H and O–H groups in total. The van der Waals surface area contributed by atoms with Gasteiger partial charge in [0.25, 0.3) is 0 Å². The highest BCUT2D eigenvalue weighted by Crippen LogP contribution is 2.03. The van der Waals surface area contributed by atoms with Crippen molar-refractivity contribution in [3.63, 3.8) is 0 Å². The van der Waals surface area contributed by atoms with E-state index in [4.69, 9.17) is 9.84 Å². The van der Waals surface area contributed by atoms with Gasteiger partial charge in [0.2, 0.25) is 0 Å². The number of rotatable bonds is 8. The van der Waals surface area contributed by atoms with E-state index < -0.39 is 5.97 Å². The standard InChI is InChI=1S/C12H22N2O4/c15-11(16)5-3-1-2-4-7-13-12(17)14-10-6-8-18-9-10/h10H,1-9H2,(H,15,16)(H2,13,14,17). The van der Waals surface area contributed by atoms with E-state index in [-0.39, 0.29) is 18.5 Å². The maximum Gasteiger partial charge on any atom is 0.315 e. The lowest BCUT2D eigenvalue weighted by Gasteiger charge is -2.11. The molecule has 6 heteroatoms. The molecule has 1 aliphatic rings. The summed E-state index contributed by atoms with van der Waals surface area (Å²) in [6, 6.07) is -0.00315. The Morgan fingerprint density at radius 3 is 2.67 bits per heavy atom. The molecule has 18 heavy (non-hydrogen) atoms. The summed E-state index contributed by atoms with van der Waals surface area (Å²) in [5.41, 5.74) is 0. The van der Waals surface area contributed by atoms with E-state index in [1.807, 2.05) is 0 Å². The first-order valence-electron chi connectivity index (χ1n) is 6.52. The Morgan fingerprint density at radius 2 is 2.00 bits per heavy atom. The van der Waals surface area contributed by atoms with E-state index in [0.29, 0.717) is 26.2 Å². The normalized spacial score (nSPS) is 18.6. The molecule has 0 spiro atoms. The van der Waals surface area contributed by atoms with Crippen molar-refractivity contribution in [2.45, 2.75) is 44.6 Å². The van der Waals surface area contributed by atoms with Gasteiger partial charge in [-0.05, 0) is 19.3 Å². The minimum absolute atomic E-state index is 0.139. The topological polar surface area (TPSA) is 87.7 Å². The number of carbonyl (C=O) groups is 2. The Hall–Kier alpha value is -1.30. The SMILES string of the molecule is O=C(O)CCCCCCNC(=O)NC1CCOC1. The number of ether oxygens (including phenoxy) is 1. The monoisotopic (exact) mass is 258 g/mol. The molecular formula is C12H22N2O4. The fraction of sp³-hybridized carbons (Fsp3) is 0.833. The third-order valence-corrected chi connectivity index (χ3v) is 2.87. The lowest BCUT2D eigenvalue weighted by molar-refractivity contribution is -0.137. The highest BCUT2D eigenvalue weighted by atomic mass is 16.5. The molecule has 1 atom stereocenters. The molecule has 2 amide bonds. The van der Waals surface area contributed by atoms with Crippen LogP contribution >= 0.6 is 0 Å². The number of carboxylic acids is 1. The smallest absolute Gasteiger partial charge is 0.315 e. The summed E-state index contributed by atoms with van der Waals surface area (Å²) >= 11 is 0. The van der Waals surface area contributed by atoms with Crippen LogP contribution in [0.2, 0.25) is 0 Å². The quantitative estimate of drug-likeness (QED) is 0.569. The average molecular weight is 258 g/mol. The number of carbonyl (C=O) groups excluding carboxylic acids is 1. The lowest BCUT2D eigenvalue weighted by atomic mass is 10.1. The van der Waals surface area contributed by atoms with Crippen LogP contribution in [0, 0.1) is 0 Å². The Bertz CT molecular complexity index is 265. The van der Waals surface area contributed by atoms with Crippen molar-refractivity contribution in [1.29, 1.82) is 0 Å². The van der Waals surface area contributed by atoms with Crippen LogP contribution in [0.1, 0.15) is 38.5 Å². The zero-order chi connectivity index (χ0) is 13.2. The first-order valence-corrected chi connectivity index (χ1v) is 6.52. The summed E-state index contributed by atoms with van der Waals surface area (Å²) < 4.78 is 5.16. The Kier molecular flexibility index (Phi) is 7.17. The molecule has 6 nitrogen and oxygen atoms in total. The molecule has 104 valence electrons. The molecule has 0 aromatic heterocycles. The number of aliphatic carboxylic acids is 1. The van der Waals surface area contributed by atoms with Gasteiger partial charge in [0.15, 0.2) is 0 Å². The summed E-state index contributed by atoms with van der Waals surface area (Å²) in [4.78, 5) is 21.7. The molecule has 1 saturated heterocycles. The zero-order valence-electron chi connectivity index (χ0n) is 10.6. The number of unbranched alkanes of at least 4 members (excludes halogenated alkanes) is 3. The Balaban J connectivity index is 1.87. The predicted octanol–water partition coefficient (Wildman–Crippen LogP) is 1.11. The third kappa shape index (κ3) is 7.11. The molecule has 1 aliphatic heterocycles. The highest BCUT2D eigenvalue weighted by molar-refractivity contribution is 5.74. The number of hydrogen-bond donors (Lipinski definition) is 3. The van der Waals surface area contributed by atoms with Gasteiger partial charge >= 0.3 is 12.0 Å². The highest BCUT2D eigenvalue weighted by Gasteiger charge is 2.16. The van der Waals surface area contributed by atoms with Gasteiger partial charge in [0, 0.05) is 19.6 Å². The van der Waals surface area contributed by atoms with Gasteiger partial charge in [-0.15, -0.1) is 0 Å². The third-order valence-electron chi connectivity index (χ3n) is 2.87. The molecule has 0 saturated carbocycles. The largest absolute Gasteiger partial charge is 0.481 e. The van der Waals surface area contributed by atoms with Gasteiger partial charge in [-0.1, -0.05) is 12.8 Å². The van der Waals surface area contributed by atoms with E-state index in [9.17, 15) is 9.59 Å². The number of nitrogens with one attached hydrogen (secondary N) is 2. The maximum atomic E-state index is 11.4. The fourth-order valence-electron chi connectivity index (χ4n) is 1.84. The summed E-state index contributed by atoms with van der Waals surface area (Å²) in [5, 5.41) is 14.1. The van der Waals surface area contributed by atoms with E-state index in [1.54, 1.807) is 0 Å². The van der Waals surface area contributed by atoms with Crippen LogP contribution in [-0.4, -0.2) is 42.9 Å². The summed E-state index contributed by atoms with van der Waals surface area (Å²) in [5.74, 6) is -0.744. The van der Waals surface area contributed by atoms with Crippen LogP contribution in [0.25, 0.3) is 0 Å². The molecule has 0 aliphatic carbocycles. The van der Waals surface area contributed by atoms with Gasteiger partial charge in [-0.25, -0.2) is 4.79 Å². The zero-order valence-corrected chi connectivity index (χ0v) is 10.6. The number of urea groups is 1. The molecule has 0 aromatic rings. The molecule has 1 unspecified atom stereocenters. The van der Waals surface area contributed by atoms with Gasteiger partial charge < -0.3 is 20.5 Å².